The number of hydrogen-bond donors (Lipinski definition) is 2. The summed E-state index contributed by atoms with van der Waals surface area (Å²) < 4.78 is 0. The molecule has 0 bridgehead atoms. The summed E-state index contributed by atoms with van der Waals surface area (Å²) in [5.74, 6) is 0.807. The van der Waals surface area contributed by atoms with Crippen molar-refractivity contribution in [2.24, 2.45) is 10.7 Å². The van der Waals surface area contributed by atoms with Gasteiger partial charge in [-0.1, -0.05) is 55.0 Å². The number of aryl methyl sites for hydroxylation is 1. The number of nitrogens with two attached hydrogens (primary N) is 1. The Morgan fingerprint density at radius 2 is 1.71 bits per heavy atom. The molecule has 3 N–H and O–H groups in total. The first kappa shape index (κ1) is 17.5. The van der Waals surface area contributed by atoms with Crippen LogP contribution in [0.3, 0.4) is 0 Å². The van der Waals surface area contributed by atoms with E-state index >= 15 is 0 Å². The highest BCUT2D eigenvalue weighted by molar-refractivity contribution is 14.0. The first-order chi connectivity index (χ1) is 9.65. The maximum Gasteiger partial charge on any atom is 0.193 e. The van der Waals surface area contributed by atoms with Crippen LogP contribution in [0.5, 0.6) is 0 Å². The third-order valence-electron chi connectivity index (χ3n) is 3.23. The lowest BCUT2D eigenvalue weighted by atomic mass is 10.0. The molecule has 0 amide bonds. The van der Waals surface area contributed by atoms with Gasteiger partial charge in [-0.15, -0.1) is 24.0 Å². The van der Waals surface area contributed by atoms with Gasteiger partial charge in [0.25, 0.3) is 0 Å². The van der Waals surface area contributed by atoms with Gasteiger partial charge in [-0.2, -0.15) is 0 Å². The lowest BCUT2D eigenvalue weighted by Gasteiger charge is -2.11. The Morgan fingerprint density at radius 3 is 2.33 bits per heavy atom. The average molecular weight is 395 g/mol. The van der Waals surface area contributed by atoms with Gasteiger partial charge in [-0.05, 0) is 24.6 Å². The molecule has 0 aromatic heterocycles. The summed E-state index contributed by atoms with van der Waals surface area (Å²) in [4.78, 5) is 4.40. The molecule has 0 radical (unpaired) electrons. The number of anilines is 1. The van der Waals surface area contributed by atoms with Gasteiger partial charge < -0.3 is 11.1 Å². The minimum Gasteiger partial charge on any atom is -0.370 e. The van der Waals surface area contributed by atoms with Crippen molar-refractivity contribution < 1.29 is 0 Å². The van der Waals surface area contributed by atoms with Crippen molar-refractivity contribution in [1.82, 2.24) is 0 Å². The van der Waals surface area contributed by atoms with Crippen LogP contribution in [0, 0.1) is 6.92 Å². The minimum atomic E-state index is 0. The standard InChI is InChI=1S/C17H21N3.HI/c1-13-8-10-15(11-9-13)14(2)12-19-17(18)20-16-6-4-3-5-7-16;/h3-11,14H,12H2,1-2H3,(H3,18,19,20);1H. The quantitative estimate of drug-likeness (QED) is 0.465. The van der Waals surface area contributed by atoms with Gasteiger partial charge in [-0.25, -0.2) is 0 Å². The number of nitrogens with zero attached hydrogens (tertiary/aromatic N) is 1. The van der Waals surface area contributed by atoms with Crippen LogP contribution in [0.15, 0.2) is 59.6 Å². The molecule has 21 heavy (non-hydrogen) atoms. The summed E-state index contributed by atoms with van der Waals surface area (Å²) in [6.07, 6.45) is 0. The Balaban J connectivity index is 0.00000220. The van der Waals surface area contributed by atoms with E-state index in [2.05, 4.69) is 48.4 Å². The van der Waals surface area contributed by atoms with Crippen LogP contribution in [0.1, 0.15) is 24.0 Å². The summed E-state index contributed by atoms with van der Waals surface area (Å²) in [5.41, 5.74) is 9.41. The maximum atomic E-state index is 5.90. The molecule has 0 fully saturated rings. The predicted octanol–water partition coefficient (Wildman–Crippen LogP) is 4.14. The molecule has 1 unspecified atom stereocenters. The zero-order valence-electron chi connectivity index (χ0n) is 12.4. The van der Waals surface area contributed by atoms with E-state index in [4.69, 9.17) is 5.73 Å². The highest BCUT2D eigenvalue weighted by Gasteiger charge is 2.04. The molecule has 2 aromatic carbocycles. The number of rotatable bonds is 4. The molecule has 4 heteroatoms. The molecule has 0 spiro atoms. The third kappa shape index (κ3) is 5.75. The number of aliphatic imine (C=N–C) groups is 1. The van der Waals surface area contributed by atoms with Crippen molar-refractivity contribution in [3.63, 3.8) is 0 Å². The van der Waals surface area contributed by atoms with E-state index in [0.717, 1.165) is 5.69 Å². The number of halogens is 1. The van der Waals surface area contributed by atoms with Gasteiger partial charge in [0.1, 0.15) is 0 Å². The number of para-hydroxylation sites is 1. The fraction of sp³-hybridized carbons (Fsp3) is 0.235. The molecule has 2 aromatic rings. The normalized spacial score (nSPS) is 12.4. The summed E-state index contributed by atoms with van der Waals surface area (Å²) >= 11 is 0. The van der Waals surface area contributed by atoms with Crippen molar-refractivity contribution in [3.8, 4) is 0 Å². The van der Waals surface area contributed by atoms with Crippen molar-refractivity contribution in [3.05, 3.63) is 65.7 Å². The van der Waals surface area contributed by atoms with Gasteiger partial charge in [-0.3, -0.25) is 4.99 Å². The molecule has 0 saturated carbocycles. The molecule has 112 valence electrons. The Morgan fingerprint density at radius 1 is 1.10 bits per heavy atom. The SMILES string of the molecule is Cc1ccc(C(C)CN=C(N)Nc2ccccc2)cc1.I. The molecule has 3 nitrogen and oxygen atoms in total. The summed E-state index contributed by atoms with van der Waals surface area (Å²) in [7, 11) is 0. The Hall–Kier alpha value is -1.56. The van der Waals surface area contributed by atoms with Crippen LogP contribution in [-0.4, -0.2) is 12.5 Å². The second kappa shape index (κ2) is 8.67. The average Bonchev–Trinajstić information content (AvgIpc) is 2.46. The fourth-order valence-corrected chi connectivity index (χ4v) is 1.94. The highest BCUT2D eigenvalue weighted by Crippen LogP contribution is 2.16. The largest absolute Gasteiger partial charge is 0.370 e. The van der Waals surface area contributed by atoms with Gasteiger partial charge in [0.15, 0.2) is 5.96 Å². The van der Waals surface area contributed by atoms with Crippen molar-refractivity contribution in [1.29, 1.82) is 0 Å². The number of guanidine groups is 1. The lowest BCUT2D eigenvalue weighted by Crippen LogP contribution is -2.23. The number of hydrogen-bond acceptors (Lipinski definition) is 1. The maximum absolute atomic E-state index is 5.90. The Kier molecular flexibility index (Phi) is 7.22. The van der Waals surface area contributed by atoms with Gasteiger partial charge >= 0.3 is 0 Å². The summed E-state index contributed by atoms with van der Waals surface area (Å²) in [6, 6.07) is 18.4. The van der Waals surface area contributed by atoms with Crippen LogP contribution in [0.25, 0.3) is 0 Å². The van der Waals surface area contributed by atoms with E-state index < -0.39 is 0 Å². The second-order valence-electron chi connectivity index (χ2n) is 5.03. The zero-order chi connectivity index (χ0) is 14.4. The molecular weight excluding hydrogens is 373 g/mol. The van der Waals surface area contributed by atoms with Crippen molar-refractivity contribution in [2.45, 2.75) is 19.8 Å². The van der Waals surface area contributed by atoms with Crippen LogP contribution in [0.2, 0.25) is 0 Å². The topological polar surface area (TPSA) is 50.4 Å². The number of benzene rings is 2. The number of nitrogens with one attached hydrogen (secondary N) is 1. The summed E-state index contributed by atoms with van der Waals surface area (Å²) in [6.45, 7) is 4.92. The smallest absolute Gasteiger partial charge is 0.193 e. The lowest BCUT2D eigenvalue weighted by molar-refractivity contribution is 0.774. The highest BCUT2D eigenvalue weighted by atomic mass is 127. The Bertz CT molecular complexity index is 564. The van der Waals surface area contributed by atoms with E-state index in [0.29, 0.717) is 18.4 Å². The van der Waals surface area contributed by atoms with Gasteiger partial charge in [0, 0.05) is 18.2 Å². The molecular formula is C17H22IN3. The van der Waals surface area contributed by atoms with Gasteiger partial charge in [0.05, 0.1) is 0 Å². The predicted molar refractivity (Wildman–Crippen MR) is 102 cm³/mol. The molecule has 0 aliphatic heterocycles. The molecule has 0 heterocycles. The van der Waals surface area contributed by atoms with E-state index in [1.54, 1.807) is 0 Å². The van der Waals surface area contributed by atoms with E-state index in [1.165, 1.54) is 11.1 Å². The first-order valence-corrected chi connectivity index (χ1v) is 6.83. The first-order valence-electron chi connectivity index (χ1n) is 6.83. The monoisotopic (exact) mass is 395 g/mol. The van der Waals surface area contributed by atoms with E-state index in [-0.39, 0.29) is 24.0 Å². The third-order valence-corrected chi connectivity index (χ3v) is 3.23. The van der Waals surface area contributed by atoms with E-state index in [1.807, 2.05) is 30.3 Å². The summed E-state index contributed by atoms with van der Waals surface area (Å²) in [5, 5.41) is 3.09. The zero-order valence-corrected chi connectivity index (χ0v) is 14.7. The molecule has 0 saturated heterocycles. The second-order valence-corrected chi connectivity index (χ2v) is 5.03. The van der Waals surface area contributed by atoms with Crippen molar-refractivity contribution >= 4 is 35.6 Å². The van der Waals surface area contributed by atoms with Crippen LogP contribution in [-0.2, 0) is 0 Å². The van der Waals surface area contributed by atoms with Gasteiger partial charge in [0.2, 0.25) is 0 Å². The Labute approximate surface area is 143 Å². The molecule has 0 aliphatic carbocycles. The minimum absolute atomic E-state index is 0. The molecule has 2 rings (SSSR count). The van der Waals surface area contributed by atoms with Crippen molar-refractivity contribution in [2.75, 3.05) is 11.9 Å². The van der Waals surface area contributed by atoms with E-state index in [9.17, 15) is 0 Å². The van der Waals surface area contributed by atoms with Crippen LogP contribution >= 0.6 is 24.0 Å². The molecule has 0 aliphatic rings. The van der Waals surface area contributed by atoms with Crippen LogP contribution < -0.4 is 11.1 Å². The molecule has 1 atom stereocenters. The fourth-order valence-electron chi connectivity index (χ4n) is 1.94. The van der Waals surface area contributed by atoms with Crippen LogP contribution in [0.4, 0.5) is 5.69 Å².